The molecule has 1 aliphatic rings. The van der Waals surface area contributed by atoms with E-state index < -0.39 is 22.6 Å². The zero-order valence-electron chi connectivity index (χ0n) is 12.0. The number of nitrogens with one attached hydrogen (secondary N) is 2. The number of rotatable bonds is 4. The van der Waals surface area contributed by atoms with Crippen LogP contribution in [0.25, 0.3) is 0 Å². The summed E-state index contributed by atoms with van der Waals surface area (Å²) in [5, 5.41) is 19.6. The first kappa shape index (κ1) is 15.0. The molecule has 2 N–H and O–H groups in total. The van der Waals surface area contributed by atoms with Crippen LogP contribution in [0, 0.1) is 15.9 Å². The Kier molecular flexibility index (Phi) is 3.98. The zero-order chi connectivity index (χ0) is 16.4. The van der Waals surface area contributed by atoms with Crippen LogP contribution in [0.15, 0.2) is 18.5 Å². The van der Waals surface area contributed by atoms with E-state index in [0.717, 1.165) is 16.6 Å². The molecule has 0 radical (unpaired) electrons. The van der Waals surface area contributed by atoms with Gasteiger partial charge in [0.25, 0.3) is 0 Å². The van der Waals surface area contributed by atoms with Crippen molar-refractivity contribution in [1.29, 1.82) is 0 Å². The maximum Gasteiger partial charge on any atom is 0.490 e. The van der Waals surface area contributed by atoms with E-state index in [-0.39, 0.29) is 12.2 Å². The van der Waals surface area contributed by atoms with Gasteiger partial charge in [0, 0.05) is 11.6 Å². The van der Waals surface area contributed by atoms with E-state index in [0.29, 0.717) is 25.1 Å². The summed E-state index contributed by atoms with van der Waals surface area (Å²) in [7, 11) is 0. The Morgan fingerprint density at radius 2 is 2.35 bits per heavy atom. The van der Waals surface area contributed by atoms with Crippen molar-refractivity contribution in [3.05, 3.63) is 45.5 Å². The van der Waals surface area contributed by atoms with Crippen molar-refractivity contribution >= 4 is 17.5 Å². The second kappa shape index (κ2) is 6.08. The van der Waals surface area contributed by atoms with Gasteiger partial charge in [0.15, 0.2) is 0 Å². The van der Waals surface area contributed by atoms with Crippen LogP contribution in [-0.4, -0.2) is 32.1 Å². The molecule has 2 aromatic rings. The first-order valence-electron chi connectivity index (χ1n) is 6.89. The molecule has 0 atom stereocenters. The van der Waals surface area contributed by atoms with Crippen LogP contribution in [0.3, 0.4) is 0 Å². The fourth-order valence-electron chi connectivity index (χ4n) is 2.41. The monoisotopic (exact) mass is 320 g/mol. The fourth-order valence-corrected chi connectivity index (χ4v) is 2.41. The van der Waals surface area contributed by atoms with E-state index >= 15 is 0 Å². The minimum Gasteiger partial charge on any atom is -0.390 e. The topological polar surface area (TPSA) is 115 Å². The first-order valence-corrected chi connectivity index (χ1v) is 6.89. The number of amides is 1. The zero-order valence-corrected chi connectivity index (χ0v) is 12.0. The molecule has 0 bridgehead atoms. The molecule has 2 heterocycles. The van der Waals surface area contributed by atoms with Crippen molar-refractivity contribution in [2.45, 2.75) is 19.5 Å². The van der Waals surface area contributed by atoms with Gasteiger partial charge in [0.2, 0.25) is 12.2 Å². The lowest BCUT2D eigenvalue weighted by atomic mass is 9.99. The van der Waals surface area contributed by atoms with Crippen molar-refractivity contribution in [3.8, 4) is 0 Å². The van der Waals surface area contributed by atoms with Gasteiger partial charge < -0.3 is 20.7 Å². The van der Waals surface area contributed by atoms with Crippen molar-refractivity contribution in [2.75, 3.05) is 11.9 Å². The molecular formula is C13H13FN6O3. The molecule has 1 amide bonds. The number of anilines is 1. The standard InChI is InChI=1S/C13H13FN6O3/c14-12-9-3-4-15-5-8(9)1-2-10(12)17-11(21)6-19-7-16-13(18-19)20(22)23/h1-2,7,15H,3-6H2,(H,17,21). The molecule has 1 aromatic heterocycles. The lowest BCUT2D eigenvalue weighted by molar-refractivity contribution is -0.394. The second-order valence-corrected chi connectivity index (χ2v) is 5.04. The lowest BCUT2D eigenvalue weighted by Gasteiger charge is -2.19. The molecule has 9 nitrogen and oxygen atoms in total. The third kappa shape index (κ3) is 3.16. The molecule has 0 aliphatic carbocycles. The SMILES string of the molecule is O=C(Cn1cnc([N+](=O)[O-])n1)Nc1ccc2c(c1F)CCNC2. The predicted octanol–water partition coefficient (Wildman–Crippen LogP) is 0.610. The molecular weight excluding hydrogens is 307 g/mol. The van der Waals surface area contributed by atoms with E-state index in [1.165, 1.54) is 6.07 Å². The third-order valence-electron chi connectivity index (χ3n) is 3.47. The maximum atomic E-state index is 14.4. The van der Waals surface area contributed by atoms with E-state index in [1.54, 1.807) is 6.07 Å². The summed E-state index contributed by atoms with van der Waals surface area (Å²) >= 11 is 0. The van der Waals surface area contributed by atoms with E-state index in [9.17, 15) is 19.3 Å². The van der Waals surface area contributed by atoms with Gasteiger partial charge in [0.05, 0.1) is 5.69 Å². The molecule has 120 valence electrons. The molecule has 1 aliphatic heterocycles. The number of carbonyl (C=O) groups is 1. The van der Waals surface area contributed by atoms with Crippen LogP contribution in [-0.2, 0) is 24.3 Å². The highest BCUT2D eigenvalue weighted by Gasteiger charge is 2.19. The van der Waals surface area contributed by atoms with Crippen molar-refractivity contribution in [2.24, 2.45) is 0 Å². The van der Waals surface area contributed by atoms with Crippen LogP contribution < -0.4 is 10.6 Å². The van der Waals surface area contributed by atoms with E-state index in [2.05, 4.69) is 20.7 Å². The average molecular weight is 320 g/mol. The van der Waals surface area contributed by atoms with Gasteiger partial charge in [-0.05, 0) is 35.1 Å². The van der Waals surface area contributed by atoms with Gasteiger partial charge in [-0.2, -0.15) is 4.68 Å². The van der Waals surface area contributed by atoms with Gasteiger partial charge in [0.1, 0.15) is 12.4 Å². The summed E-state index contributed by atoms with van der Waals surface area (Å²) < 4.78 is 15.4. The molecule has 0 saturated heterocycles. The van der Waals surface area contributed by atoms with Gasteiger partial charge in [-0.1, -0.05) is 11.1 Å². The maximum absolute atomic E-state index is 14.4. The van der Waals surface area contributed by atoms with Crippen molar-refractivity contribution in [3.63, 3.8) is 0 Å². The van der Waals surface area contributed by atoms with Gasteiger partial charge in [-0.3, -0.25) is 4.79 Å². The van der Waals surface area contributed by atoms with Gasteiger partial charge in [-0.15, -0.1) is 0 Å². The Morgan fingerprint density at radius 1 is 1.52 bits per heavy atom. The number of carbonyl (C=O) groups excluding carboxylic acids is 1. The normalized spacial score (nSPS) is 13.4. The number of nitro groups is 1. The van der Waals surface area contributed by atoms with Crippen molar-refractivity contribution < 1.29 is 14.1 Å². The fraction of sp³-hybridized carbons (Fsp3) is 0.308. The molecule has 0 fully saturated rings. The molecule has 1 aromatic carbocycles. The van der Waals surface area contributed by atoms with Crippen LogP contribution in [0.5, 0.6) is 0 Å². The van der Waals surface area contributed by atoms with E-state index in [1.807, 2.05) is 0 Å². The Labute approximate surface area is 129 Å². The molecule has 23 heavy (non-hydrogen) atoms. The molecule has 3 rings (SSSR count). The summed E-state index contributed by atoms with van der Waals surface area (Å²) in [4.78, 5) is 25.1. The number of benzene rings is 1. The number of hydrogen-bond donors (Lipinski definition) is 2. The summed E-state index contributed by atoms with van der Waals surface area (Å²) in [6.07, 6.45) is 1.63. The van der Waals surface area contributed by atoms with Crippen LogP contribution >= 0.6 is 0 Å². The number of nitrogens with zero attached hydrogens (tertiary/aromatic N) is 4. The first-order chi connectivity index (χ1) is 11.0. The minimum absolute atomic E-state index is 0.0882. The Hall–Kier alpha value is -2.88. The summed E-state index contributed by atoms with van der Waals surface area (Å²) in [5.41, 5.74) is 1.56. The molecule has 10 heteroatoms. The van der Waals surface area contributed by atoms with Gasteiger partial charge in [-0.25, -0.2) is 4.39 Å². The number of halogens is 1. The Bertz CT molecular complexity index is 775. The number of aromatic nitrogens is 3. The number of hydrogen-bond acceptors (Lipinski definition) is 6. The van der Waals surface area contributed by atoms with Crippen LogP contribution in [0.2, 0.25) is 0 Å². The molecule has 0 unspecified atom stereocenters. The van der Waals surface area contributed by atoms with Crippen LogP contribution in [0.4, 0.5) is 16.0 Å². The smallest absolute Gasteiger partial charge is 0.390 e. The van der Waals surface area contributed by atoms with Crippen molar-refractivity contribution in [1.82, 2.24) is 20.1 Å². The second-order valence-electron chi connectivity index (χ2n) is 5.04. The molecule has 0 spiro atoms. The van der Waals surface area contributed by atoms with Gasteiger partial charge >= 0.3 is 5.95 Å². The highest BCUT2D eigenvalue weighted by molar-refractivity contribution is 5.90. The van der Waals surface area contributed by atoms with E-state index in [4.69, 9.17) is 0 Å². The number of fused-ring (bicyclic) bond motifs is 1. The molecule has 0 saturated carbocycles. The highest BCUT2D eigenvalue weighted by Crippen LogP contribution is 2.24. The quantitative estimate of drug-likeness (QED) is 0.630. The Morgan fingerprint density at radius 3 is 3.09 bits per heavy atom. The highest BCUT2D eigenvalue weighted by atomic mass is 19.1. The summed E-state index contributed by atoms with van der Waals surface area (Å²) in [6.45, 7) is 0.992. The predicted molar refractivity (Wildman–Crippen MR) is 77.1 cm³/mol. The lowest BCUT2D eigenvalue weighted by Crippen LogP contribution is -2.26. The third-order valence-corrected chi connectivity index (χ3v) is 3.47. The Balaban J connectivity index is 1.71. The summed E-state index contributed by atoms with van der Waals surface area (Å²) in [5.74, 6) is -1.58. The van der Waals surface area contributed by atoms with Crippen LogP contribution in [0.1, 0.15) is 11.1 Å². The minimum atomic E-state index is -0.758. The largest absolute Gasteiger partial charge is 0.490 e. The average Bonchev–Trinajstić information content (AvgIpc) is 2.99. The summed E-state index contributed by atoms with van der Waals surface area (Å²) in [6, 6.07) is 3.27.